The van der Waals surface area contributed by atoms with Crippen molar-refractivity contribution in [1.82, 2.24) is 40.3 Å². The van der Waals surface area contributed by atoms with Crippen molar-refractivity contribution in [3.63, 3.8) is 0 Å². The van der Waals surface area contributed by atoms with Crippen molar-refractivity contribution in [2.75, 3.05) is 11.9 Å². The number of hydrogen-bond acceptors (Lipinski definition) is 10. The number of piperidine rings is 2. The Kier molecular flexibility index (Phi) is 9.82. The van der Waals surface area contributed by atoms with Gasteiger partial charge in [0.25, 0.3) is 11.7 Å². The van der Waals surface area contributed by atoms with Gasteiger partial charge in [0.05, 0.1) is 11.2 Å². The lowest BCUT2D eigenvalue weighted by Crippen LogP contribution is -2.47. The number of likely N-dealkylation sites (tertiary alicyclic amines) is 1. The zero-order chi connectivity index (χ0) is 40.9. The van der Waals surface area contributed by atoms with Crippen LogP contribution in [0.4, 0.5) is 10.1 Å². The fourth-order valence-electron chi connectivity index (χ4n) is 8.36. The fourth-order valence-corrected chi connectivity index (χ4v) is 8.36. The van der Waals surface area contributed by atoms with Gasteiger partial charge < -0.3 is 15.2 Å². The number of fused-ring (bicyclic) bond motifs is 1. The number of aromatic nitrogens is 5. The van der Waals surface area contributed by atoms with Crippen molar-refractivity contribution in [2.24, 2.45) is 0 Å². The number of rotatable bonds is 10. The summed E-state index contributed by atoms with van der Waals surface area (Å²) in [6.45, 7) is 7.60. The van der Waals surface area contributed by atoms with Crippen molar-refractivity contribution in [2.45, 2.75) is 95.3 Å². The van der Waals surface area contributed by atoms with E-state index in [1.54, 1.807) is 16.6 Å². The van der Waals surface area contributed by atoms with Gasteiger partial charge in [-0.05, 0) is 85.5 Å². The lowest BCUT2D eigenvalue weighted by atomic mass is 9.83. The molecule has 9 rings (SSSR count). The summed E-state index contributed by atoms with van der Waals surface area (Å²) in [5.41, 5.74) is 7.61. The molecule has 5 heterocycles. The molecule has 14 heteroatoms. The van der Waals surface area contributed by atoms with Crippen LogP contribution in [-0.4, -0.2) is 65.5 Å². The van der Waals surface area contributed by atoms with Crippen molar-refractivity contribution in [1.29, 1.82) is 0 Å². The molecule has 2 saturated heterocycles. The molecule has 2 unspecified atom stereocenters. The second kappa shape index (κ2) is 15.1. The Labute approximate surface area is 340 Å². The second-order valence-corrected chi connectivity index (χ2v) is 17.1. The highest BCUT2D eigenvalue weighted by Gasteiger charge is 2.51. The summed E-state index contributed by atoms with van der Waals surface area (Å²) in [7, 11) is 0. The molecule has 0 bridgehead atoms. The Morgan fingerprint density at radius 2 is 1.76 bits per heavy atom. The number of nitrogens with one attached hydrogen (secondary N) is 3. The van der Waals surface area contributed by atoms with E-state index >= 15 is 4.39 Å². The minimum atomic E-state index is -0.547. The van der Waals surface area contributed by atoms with E-state index in [2.05, 4.69) is 89.6 Å². The van der Waals surface area contributed by atoms with Gasteiger partial charge in [-0.25, -0.2) is 13.9 Å². The Bertz CT molecular complexity index is 2560. The Hall–Kier alpha value is -6.28. The summed E-state index contributed by atoms with van der Waals surface area (Å²) in [6.07, 6.45) is 8.92. The summed E-state index contributed by atoms with van der Waals surface area (Å²) in [5, 5.41) is 16.6. The molecule has 3 N–H and O–H groups in total. The number of halogens is 1. The van der Waals surface area contributed by atoms with Gasteiger partial charge >= 0.3 is 0 Å². The third kappa shape index (κ3) is 7.96. The largest absolute Gasteiger partial charge is 0.374 e. The van der Waals surface area contributed by atoms with Gasteiger partial charge in [-0.15, -0.1) is 0 Å². The van der Waals surface area contributed by atoms with E-state index in [-0.39, 0.29) is 35.8 Å². The van der Waals surface area contributed by atoms with Crippen molar-refractivity contribution >= 4 is 28.9 Å². The lowest BCUT2D eigenvalue weighted by molar-refractivity contribution is -0.133. The normalized spacial score (nSPS) is 19.2. The summed E-state index contributed by atoms with van der Waals surface area (Å²) in [6, 6.07) is 23.7. The maximum absolute atomic E-state index is 15.4. The Morgan fingerprint density at radius 1 is 0.983 bits per heavy atom. The first kappa shape index (κ1) is 38.2. The van der Waals surface area contributed by atoms with Crippen LogP contribution in [0.5, 0.6) is 0 Å². The Balaban J connectivity index is 0.822. The van der Waals surface area contributed by atoms with Crippen LogP contribution in [0.25, 0.3) is 27.9 Å². The monoisotopic (exact) mass is 795 g/mol. The van der Waals surface area contributed by atoms with Crippen molar-refractivity contribution in [3.8, 4) is 22.4 Å². The van der Waals surface area contributed by atoms with Gasteiger partial charge in [-0.2, -0.15) is 10.1 Å². The van der Waals surface area contributed by atoms with E-state index in [0.717, 1.165) is 48.3 Å². The fraction of sp³-hybridized carbons (Fsp3) is 0.356. The topological polar surface area (TPSA) is 160 Å². The standard InChI is InChI=1S/C45H46FN9O4/c1-44(2,3)43-52-40(53-59-43)42(58)47-23-32-9-8-30(20-35(32)46)39-37-21-33(25-55(37)49-26-48-39)29-6-4-27(5-7-29)24-54-19-16-31(22-45(54)17-18-45)28-10-12-34(13-11-28)50-36-14-15-38(56)51-41(36)57/h4-13,20-21,25-26,31,36,50H,14-19,22-24H2,1-3H3,(H,47,58)(H,51,56,57). The molecule has 1 aliphatic carbocycles. The quantitative estimate of drug-likeness (QED) is 0.124. The molecular weight excluding hydrogens is 750 g/mol. The van der Waals surface area contributed by atoms with Crippen molar-refractivity contribution < 1.29 is 23.3 Å². The van der Waals surface area contributed by atoms with E-state index in [1.165, 1.54) is 36.4 Å². The van der Waals surface area contributed by atoms with Crippen LogP contribution in [-0.2, 0) is 28.1 Å². The molecule has 1 spiro atoms. The highest BCUT2D eigenvalue weighted by Crippen LogP contribution is 2.53. The number of benzene rings is 3. The van der Waals surface area contributed by atoms with Crippen LogP contribution in [0.2, 0.25) is 0 Å². The van der Waals surface area contributed by atoms with Gasteiger partial charge in [-0.3, -0.25) is 24.6 Å². The molecule has 1 saturated carbocycles. The molecule has 3 aliphatic rings. The predicted octanol–water partition coefficient (Wildman–Crippen LogP) is 6.94. The molecule has 0 radical (unpaired) electrons. The first-order valence-corrected chi connectivity index (χ1v) is 20.2. The van der Waals surface area contributed by atoms with Gasteiger partial charge in [0.2, 0.25) is 17.7 Å². The van der Waals surface area contributed by atoms with Crippen LogP contribution in [0.1, 0.15) is 98.4 Å². The molecule has 2 atom stereocenters. The third-order valence-electron chi connectivity index (χ3n) is 11.9. The van der Waals surface area contributed by atoms with Crippen LogP contribution in [0.3, 0.4) is 0 Å². The zero-order valence-corrected chi connectivity index (χ0v) is 33.3. The van der Waals surface area contributed by atoms with Crippen LogP contribution >= 0.6 is 0 Å². The maximum Gasteiger partial charge on any atom is 0.292 e. The molecule has 6 aromatic rings. The highest BCUT2D eigenvalue weighted by molar-refractivity contribution is 6.01. The molecule has 3 aromatic heterocycles. The number of nitrogens with zero attached hydrogens (tertiary/aromatic N) is 6. The van der Waals surface area contributed by atoms with Gasteiger partial charge in [0.15, 0.2) is 0 Å². The van der Waals surface area contributed by atoms with Gasteiger partial charge in [0.1, 0.15) is 18.2 Å². The number of imide groups is 1. The minimum Gasteiger partial charge on any atom is -0.374 e. The molecule has 302 valence electrons. The smallest absolute Gasteiger partial charge is 0.292 e. The number of anilines is 1. The van der Waals surface area contributed by atoms with E-state index in [9.17, 15) is 14.4 Å². The average Bonchev–Trinajstić information content (AvgIpc) is 3.57. The first-order valence-electron chi connectivity index (χ1n) is 20.2. The summed E-state index contributed by atoms with van der Waals surface area (Å²) in [5.74, 6) is -0.749. The zero-order valence-electron chi connectivity index (χ0n) is 33.3. The van der Waals surface area contributed by atoms with Crippen LogP contribution in [0, 0.1) is 5.82 Å². The highest BCUT2D eigenvalue weighted by atomic mass is 19.1. The Morgan fingerprint density at radius 3 is 2.47 bits per heavy atom. The van der Waals surface area contributed by atoms with Crippen LogP contribution < -0.4 is 16.0 Å². The van der Waals surface area contributed by atoms with E-state index in [0.29, 0.717) is 41.5 Å². The SMILES string of the molecule is CC(C)(C)c1nc(C(=O)NCc2ccc(-c3ncnn4cc(-c5ccc(CN6CCC(c7ccc(NC8CCC(=O)NC8=O)cc7)CC67CC7)cc5)cc34)cc2F)no1. The molecular formula is C45H46FN9O4. The summed E-state index contributed by atoms with van der Waals surface area (Å²) < 4.78 is 22.4. The third-order valence-corrected chi connectivity index (χ3v) is 11.9. The number of amides is 3. The minimum absolute atomic E-state index is 0.0441. The number of carbonyl (C=O) groups excluding carboxylic acids is 3. The maximum atomic E-state index is 15.4. The summed E-state index contributed by atoms with van der Waals surface area (Å²) in [4.78, 5) is 47.7. The molecule has 59 heavy (non-hydrogen) atoms. The van der Waals surface area contributed by atoms with Gasteiger partial charge in [-0.1, -0.05) is 74.5 Å². The molecule has 13 nitrogen and oxygen atoms in total. The average molecular weight is 796 g/mol. The number of carbonyl (C=O) groups is 3. The molecule has 3 fully saturated rings. The van der Waals surface area contributed by atoms with E-state index in [1.807, 2.05) is 33.0 Å². The van der Waals surface area contributed by atoms with Crippen LogP contribution in [0.15, 0.2) is 89.8 Å². The van der Waals surface area contributed by atoms with Gasteiger partial charge in [0, 0.05) is 59.0 Å². The molecule has 3 amide bonds. The first-order chi connectivity index (χ1) is 28.4. The predicted molar refractivity (Wildman–Crippen MR) is 219 cm³/mol. The van der Waals surface area contributed by atoms with Crippen molar-refractivity contribution in [3.05, 3.63) is 120 Å². The summed E-state index contributed by atoms with van der Waals surface area (Å²) >= 11 is 0. The lowest BCUT2D eigenvalue weighted by Gasteiger charge is -2.40. The second-order valence-electron chi connectivity index (χ2n) is 17.1. The van der Waals surface area contributed by atoms with E-state index in [4.69, 9.17) is 4.52 Å². The van der Waals surface area contributed by atoms with E-state index < -0.39 is 17.1 Å². The molecule has 2 aliphatic heterocycles. The number of hydrogen-bond donors (Lipinski definition) is 3. The molecule has 3 aromatic carbocycles.